The molecule has 124 valence electrons. The lowest BCUT2D eigenvalue weighted by molar-refractivity contribution is -0.128. The zero-order valence-electron chi connectivity index (χ0n) is 13.5. The van der Waals surface area contributed by atoms with Crippen molar-refractivity contribution in [2.24, 2.45) is 0 Å². The fourth-order valence-electron chi connectivity index (χ4n) is 2.85. The van der Waals surface area contributed by atoms with E-state index in [4.69, 9.17) is 5.73 Å². The molecule has 5 heteroatoms. The summed E-state index contributed by atoms with van der Waals surface area (Å²) in [5.41, 5.74) is 8.95. The number of hydrogen-bond donors (Lipinski definition) is 2. The van der Waals surface area contributed by atoms with E-state index < -0.39 is 0 Å². The molecular formula is C19H21N3O2. The second-order valence-electron chi connectivity index (χ2n) is 6.04. The van der Waals surface area contributed by atoms with Crippen LogP contribution in [0.2, 0.25) is 0 Å². The number of carbonyl (C=O) groups excluding carboxylic acids is 2. The van der Waals surface area contributed by atoms with Gasteiger partial charge < -0.3 is 16.0 Å². The van der Waals surface area contributed by atoms with Gasteiger partial charge in [0.15, 0.2) is 0 Å². The number of amides is 2. The van der Waals surface area contributed by atoms with Gasteiger partial charge in [-0.25, -0.2) is 0 Å². The van der Waals surface area contributed by atoms with E-state index in [0.29, 0.717) is 30.8 Å². The summed E-state index contributed by atoms with van der Waals surface area (Å²) in [5, 5.41) is 2.90. The van der Waals surface area contributed by atoms with E-state index in [2.05, 4.69) is 5.32 Å². The number of rotatable bonds is 5. The minimum Gasteiger partial charge on any atom is -0.399 e. The summed E-state index contributed by atoms with van der Waals surface area (Å²) in [6.45, 7) is 1.92. The van der Waals surface area contributed by atoms with Crippen molar-refractivity contribution in [3.05, 3.63) is 65.2 Å². The van der Waals surface area contributed by atoms with Gasteiger partial charge in [-0.05, 0) is 41.8 Å². The second kappa shape index (κ2) is 7.17. The molecule has 0 spiro atoms. The summed E-state index contributed by atoms with van der Waals surface area (Å²) in [6.07, 6.45) is 1.59. The van der Waals surface area contributed by atoms with Crippen molar-refractivity contribution in [1.29, 1.82) is 0 Å². The number of nitrogens with zero attached hydrogens (tertiary/aromatic N) is 1. The van der Waals surface area contributed by atoms with Crippen molar-refractivity contribution < 1.29 is 9.59 Å². The average molecular weight is 323 g/mol. The van der Waals surface area contributed by atoms with E-state index in [1.54, 1.807) is 24.3 Å². The summed E-state index contributed by atoms with van der Waals surface area (Å²) in [6, 6.07) is 14.8. The number of nitrogens with two attached hydrogens (primary N) is 1. The van der Waals surface area contributed by atoms with Gasteiger partial charge in [0.05, 0.1) is 0 Å². The van der Waals surface area contributed by atoms with Gasteiger partial charge in [0.1, 0.15) is 0 Å². The summed E-state index contributed by atoms with van der Waals surface area (Å²) in [5.74, 6) is 0.0900. The van der Waals surface area contributed by atoms with E-state index in [0.717, 1.165) is 24.1 Å². The third-order valence-electron chi connectivity index (χ3n) is 4.16. The average Bonchev–Trinajstić information content (AvgIpc) is 2.98. The SMILES string of the molecule is Nc1ccc(C(=O)NCc2cccc(CN3CCCC3=O)c2)cc1. The number of hydrogen-bond acceptors (Lipinski definition) is 3. The number of nitrogen functional groups attached to an aromatic ring is 1. The van der Waals surface area contributed by atoms with Crippen LogP contribution in [-0.4, -0.2) is 23.3 Å². The van der Waals surface area contributed by atoms with Crippen molar-refractivity contribution in [1.82, 2.24) is 10.2 Å². The van der Waals surface area contributed by atoms with Crippen molar-refractivity contribution in [3.8, 4) is 0 Å². The standard InChI is InChI=1S/C19H21N3O2/c20-17-8-6-16(7-9-17)19(24)21-12-14-3-1-4-15(11-14)13-22-10-2-5-18(22)23/h1,3-4,6-9,11H,2,5,10,12-13,20H2,(H,21,24). The third-order valence-corrected chi connectivity index (χ3v) is 4.16. The van der Waals surface area contributed by atoms with E-state index in [-0.39, 0.29) is 11.8 Å². The Morgan fingerprint density at radius 3 is 2.58 bits per heavy atom. The Labute approximate surface area is 141 Å². The van der Waals surface area contributed by atoms with Crippen LogP contribution in [0.4, 0.5) is 5.69 Å². The van der Waals surface area contributed by atoms with E-state index in [9.17, 15) is 9.59 Å². The molecule has 0 radical (unpaired) electrons. The maximum Gasteiger partial charge on any atom is 0.251 e. The van der Waals surface area contributed by atoms with Crippen molar-refractivity contribution in [3.63, 3.8) is 0 Å². The molecule has 2 aromatic carbocycles. The highest BCUT2D eigenvalue weighted by Crippen LogP contribution is 2.15. The summed E-state index contributed by atoms with van der Waals surface area (Å²) in [7, 11) is 0. The fraction of sp³-hybridized carbons (Fsp3) is 0.263. The van der Waals surface area contributed by atoms with Gasteiger partial charge in [0, 0.05) is 37.3 Å². The molecule has 0 bridgehead atoms. The predicted octanol–water partition coefficient (Wildman–Crippen LogP) is 2.32. The first-order chi connectivity index (χ1) is 11.6. The Kier molecular flexibility index (Phi) is 4.79. The highest BCUT2D eigenvalue weighted by atomic mass is 16.2. The Bertz CT molecular complexity index is 741. The van der Waals surface area contributed by atoms with Crippen molar-refractivity contribution in [2.45, 2.75) is 25.9 Å². The van der Waals surface area contributed by atoms with Crippen LogP contribution in [0, 0.1) is 0 Å². The zero-order chi connectivity index (χ0) is 16.9. The molecule has 0 saturated carbocycles. The van der Waals surface area contributed by atoms with Gasteiger partial charge in [0.25, 0.3) is 5.91 Å². The van der Waals surface area contributed by atoms with Crippen molar-refractivity contribution in [2.75, 3.05) is 12.3 Å². The number of benzene rings is 2. The normalized spacial score (nSPS) is 14.0. The Morgan fingerprint density at radius 1 is 1.12 bits per heavy atom. The third kappa shape index (κ3) is 3.93. The molecule has 1 aliphatic heterocycles. The first-order valence-corrected chi connectivity index (χ1v) is 8.11. The van der Waals surface area contributed by atoms with Crippen LogP contribution in [0.25, 0.3) is 0 Å². The first-order valence-electron chi connectivity index (χ1n) is 8.11. The summed E-state index contributed by atoms with van der Waals surface area (Å²) >= 11 is 0. The van der Waals surface area contributed by atoms with Crippen LogP contribution in [0.3, 0.4) is 0 Å². The largest absolute Gasteiger partial charge is 0.399 e. The van der Waals surface area contributed by atoms with Crippen LogP contribution in [0.15, 0.2) is 48.5 Å². The highest BCUT2D eigenvalue weighted by molar-refractivity contribution is 5.94. The Hall–Kier alpha value is -2.82. The van der Waals surface area contributed by atoms with Crippen LogP contribution in [0.1, 0.15) is 34.3 Å². The van der Waals surface area contributed by atoms with E-state index >= 15 is 0 Å². The molecule has 2 aromatic rings. The van der Waals surface area contributed by atoms with Gasteiger partial charge >= 0.3 is 0 Å². The zero-order valence-corrected chi connectivity index (χ0v) is 13.5. The monoisotopic (exact) mass is 323 g/mol. The van der Waals surface area contributed by atoms with Gasteiger partial charge in [-0.3, -0.25) is 9.59 Å². The molecule has 0 unspecified atom stereocenters. The number of nitrogens with one attached hydrogen (secondary N) is 1. The van der Waals surface area contributed by atoms with Crippen molar-refractivity contribution >= 4 is 17.5 Å². The smallest absolute Gasteiger partial charge is 0.251 e. The molecule has 0 aromatic heterocycles. The Morgan fingerprint density at radius 2 is 1.88 bits per heavy atom. The van der Waals surface area contributed by atoms with Crippen LogP contribution in [0.5, 0.6) is 0 Å². The minimum absolute atomic E-state index is 0.130. The summed E-state index contributed by atoms with van der Waals surface area (Å²) in [4.78, 5) is 25.7. The molecular weight excluding hydrogens is 302 g/mol. The maximum absolute atomic E-state index is 12.1. The summed E-state index contributed by atoms with van der Waals surface area (Å²) < 4.78 is 0. The molecule has 1 saturated heterocycles. The van der Waals surface area contributed by atoms with E-state index in [1.807, 2.05) is 29.2 Å². The lowest BCUT2D eigenvalue weighted by Crippen LogP contribution is -2.24. The molecule has 3 rings (SSSR count). The molecule has 2 amide bonds. The molecule has 1 heterocycles. The number of likely N-dealkylation sites (tertiary alicyclic amines) is 1. The second-order valence-corrected chi connectivity index (χ2v) is 6.04. The molecule has 24 heavy (non-hydrogen) atoms. The fourth-order valence-corrected chi connectivity index (χ4v) is 2.85. The number of carbonyl (C=O) groups is 2. The molecule has 3 N–H and O–H groups in total. The first kappa shape index (κ1) is 16.1. The maximum atomic E-state index is 12.1. The Balaban J connectivity index is 1.59. The highest BCUT2D eigenvalue weighted by Gasteiger charge is 2.19. The molecule has 0 atom stereocenters. The molecule has 0 aliphatic carbocycles. The van der Waals surface area contributed by atoms with Crippen LogP contribution < -0.4 is 11.1 Å². The van der Waals surface area contributed by atoms with Gasteiger partial charge in [-0.15, -0.1) is 0 Å². The topological polar surface area (TPSA) is 75.4 Å². The van der Waals surface area contributed by atoms with Crippen LogP contribution >= 0.6 is 0 Å². The quantitative estimate of drug-likeness (QED) is 0.829. The predicted molar refractivity (Wildman–Crippen MR) is 93.1 cm³/mol. The van der Waals surface area contributed by atoms with Gasteiger partial charge in [-0.1, -0.05) is 24.3 Å². The van der Waals surface area contributed by atoms with Gasteiger partial charge in [-0.2, -0.15) is 0 Å². The number of anilines is 1. The minimum atomic E-state index is -0.130. The molecule has 1 fully saturated rings. The van der Waals surface area contributed by atoms with Gasteiger partial charge in [0.2, 0.25) is 5.91 Å². The van der Waals surface area contributed by atoms with Crippen LogP contribution in [-0.2, 0) is 17.9 Å². The lowest BCUT2D eigenvalue weighted by atomic mass is 10.1. The van der Waals surface area contributed by atoms with E-state index in [1.165, 1.54) is 0 Å². The lowest BCUT2D eigenvalue weighted by Gasteiger charge is -2.16. The molecule has 1 aliphatic rings. The molecule has 5 nitrogen and oxygen atoms in total.